The number of aromatic amines is 1. The van der Waals surface area contributed by atoms with Crippen LogP contribution in [0.25, 0.3) is 20.9 Å². The maximum absolute atomic E-state index is 11.5. The third-order valence-electron chi connectivity index (χ3n) is 4.42. The van der Waals surface area contributed by atoms with Crippen LogP contribution < -0.4 is 4.87 Å². The highest BCUT2D eigenvalue weighted by Gasteiger charge is 2.15. The van der Waals surface area contributed by atoms with E-state index in [1.807, 2.05) is 41.3 Å². The van der Waals surface area contributed by atoms with Crippen LogP contribution >= 0.6 is 45.7 Å². The molecule has 0 saturated carbocycles. The molecule has 4 rings (SSSR count). The normalized spacial score (nSPS) is 12.5. The average Bonchev–Trinajstić information content (AvgIpc) is 3.31. The van der Waals surface area contributed by atoms with Gasteiger partial charge in [-0.1, -0.05) is 30.4 Å². The Hall–Kier alpha value is -1.62. The van der Waals surface area contributed by atoms with Gasteiger partial charge < -0.3 is 8.05 Å². The molecule has 1 aromatic carbocycles. The molecule has 0 saturated heterocycles. The summed E-state index contributed by atoms with van der Waals surface area (Å²) in [5, 5.41) is 3.00. The van der Waals surface area contributed by atoms with Gasteiger partial charge >= 0.3 is 4.87 Å². The van der Waals surface area contributed by atoms with Crippen LogP contribution in [0.15, 0.2) is 46.7 Å². The third kappa shape index (κ3) is 4.13. The maximum atomic E-state index is 11.5. The molecule has 0 spiro atoms. The van der Waals surface area contributed by atoms with Crippen molar-refractivity contribution in [2.75, 3.05) is 6.61 Å². The van der Waals surface area contributed by atoms with Crippen LogP contribution in [-0.2, 0) is 9.49 Å². The number of nitrogens with zero attached hydrogens (tertiary/aromatic N) is 2. The maximum Gasteiger partial charge on any atom is 0.305 e. The van der Waals surface area contributed by atoms with Gasteiger partial charge in [0, 0.05) is 17.5 Å². The van der Waals surface area contributed by atoms with Gasteiger partial charge in [-0.2, -0.15) is 0 Å². The number of benzene rings is 1. The molecule has 27 heavy (non-hydrogen) atoms. The smallest absolute Gasteiger partial charge is 0.305 e. The van der Waals surface area contributed by atoms with Crippen molar-refractivity contribution >= 4 is 55.9 Å². The minimum Gasteiger partial charge on any atom is -0.315 e. The second-order valence-electron chi connectivity index (χ2n) is 6.18. The van der Waals surface area contributed by atoms with E-state index >= 15 is 0 Å². The summed E-state index contributed by atoms with van der Waals surface area (Å²) >= 11 is 4.75. The Bertz CT molecular complexity index is 1120. The van der Waals surface area contributed by atoms with Crippen molar-refractivity contribution < 1.29 is 3.07 Å². The quantitative estimate of drug-likeness (QED) is 0.365. The number of pyridine rings is 1. The molecule has 0 aliphatic heterocycles. The molecule has 0 bridgehead atoms. The molecule has 4 aromatic rings. The fourth-order valence-electron chi connectivity index (χ4n) is 2.86. The van der Waals surface area contributed by atoms with E-state index in [2.05, 4.69) is 40.5 Å². The zero-order chi connectivity index (χ0) is 18.8. The van der Waals surface area contributed by atoms with E-state index in [1.165, 1.54) is 11.3 Å². The zero-order valence-electron chi connectivity index (χ0n) is 14.4. The number of nitrogens with one attached hydrogen (secondary N) is 1. The van der Waals surface area contributed by atoms with Gasteiger partial charge in [0.25, 0.3) is 0 Å². The van der Waals surface area contributed by atoms with Crippen LogP contribution in [-0.4, -0.2) is 21.6 Å². The zero-order valence-corrected chi connectivity index (χ0v) is 18.2. The molecule has 1 atom stereocenters. The first-order valence-electron chi connectivity index (χ1n) is 8.41. The Morgan fingerprint density at radius 2 is 2.19 bits per heavy atom. The molecule has 1 N–H and O–H groups in total. The molecule has 1 unspecified atom stereocenters. The number of hydrogen-bond acceptors (Lipinski definition) is 6. The average molecular weight is 509 g/mol. The van der Waals surface area contributed by atoms with Crippen LogP contribution in [0.2, 0.25) is 0 Å². The minimum atomic E-state index is -0.0229. The molecule has 0 aliphatic rings. The highest BCUT2D eigenvalue weighted by molar-refractivity contribution is 14.1. The van der Waals surface area contributed by atoms with E-state index < -0.39 is 0 Å². The molecule has 8 heteroatoms. The predicted octanol–water partition coefficient (Wildman–Crippen LogP) is 5.17. The molecule has 0 radical (unpaired) electrons. The summed E-state index contributed by atoms with van der Waals surface area (Å²) < 4.78 is 6.05. The van der Waals surface area contributed by atoms with Gasteiger partial charge in [-0.3, -0.25) is 9.78 Å². The summed E-state index contributed by atoms with van der Waals surface area (Å²) in [7, 11) is 0. The van der Waals surface area contributed by atoms with Gasteiger partial charge in [0.15, 0.2) is 0 Å². The lowest BCUT2D eigenvalue weighted by Gasteiger charge is -2.09. The second-order valence-corrected chi connectivity index (χ2v) is 8.68. The van der Waals surface area contributed by atoms with Crippen molar-refractivity contribution in [3.8, 4) is 10.7 Å². The number of H-pyrrole nitrogens is 1. The molecule has 0 amide bonds. The van der Waals surface area contributed by atoms with Crippen molar-refractivity contribution in [1.82, 2.24) is 15.0 Å². The molecule has 3 heterocycles. The summed E-state index contributed by atoms with van der Waals surface area (Å²) in [6.07, 6.45) is 2.74. The first-order chi connectivity index (χ1) is 13.1. The summed E-state index contributed by atoms with van der Waals surface area (Å²) in [6.45, 7) is 2.82. The minimum absolute atomic E-state index is 0.0229. The van der Waals surface area contributed by atoms with Gasteiger partial charge in [-0.05, 0) is 35.7 Å². The number of thiazole rings is 2. The summed E-state index contributed by atoms with van der Waals surface area (Å²) in [5.41, 5.74) is 5.09. The number of fused-ring (bicyclic) bond motifs is 1. The van der Waals surface area contributed by atoms with Gasteiger partial charge in [-0.15, -0.1) is 11.3 Å². The molecular formula is C19H16IN3O2S2. The lowest BCUT2D eigenvalue weighted by Crippen LogP contribution is -1.97. The van der Waals surface area contributed by atoms with Crippen molar-refractivity contribution in [1.29, 1.82) is 0 Å². The fraction of sp³-hybridized carbons (Fsp3) is 0.211. The van der Waals surface area contributed by atoms with Crippen LogP contribution in [0.1, 0.15) is 29.7 Å². The van der Waals surface area contributed by atoms with Gasteiger partial charge in [-0.25, -0.2) is 4.98 Å². The standard InChI is InChI=1S/C19H16IN3O2S2/c1-11(13-3-5-14-17(8-13)27-19(24)23-14)16-10-26-18(22-16)15-4-2-12(9-21-15)6-7-25-20/h2-5,8-11H,6-7H2,1H3,(H,23,24). The molecule has 138 valence electrons. The Labute approximate surface area is 178 Å². The van der Waals surface area contributed by atoms with Gasteiger partial charge in [0.05, 0.1) is 28.2 Å². The van der Waals surface area contributed by atoms with E-state index in [0.29, 0.717) is 6.61 Å². The lowest BCUT2D eigenvalue weighted by molar-refractivity contribution is 0.431. The lowest BCUT2D eigenvalue weighted by atomic mass is 9.98. The Balaban J connectivity index is 1.56. The molecule has 0 fully saturated rings. The largest absolute Gasteiger partial charge is 0.315 e. The highest BCUT2D eigenvalue weighted by Crippen LogP contribution is 2.31. The van der Waals surface area contributed by atoms with Crippen LogP contribution in [0.4, 0.5) is 0 Å². The summed E-state index contributed by atoms with van der Waals surface area (Å²) in [4.78, 5) is 23.7. The Morgan fingerprint density at radius 1 is 1.30 bits per heavy atom. The van der Waals surface area contributed by atoms with Gasteiger partial charge in [0.2, 0.25) is 0 Å². The van der Waals surface area contributed by atoms with Crippen molar-refractivity contribution in [3.63, 3.8) is 0 Å². The monoisotopic (exact) mass is 509 g/mol. The second kappa shape index (κ2) is 8.17. The highest BCUT2D eigenvalue weighted by atomic mass is 127. The van der Waals surface area contributed by atoms with E-state index in [1.54, 1.807) is 11.3 Å². The van der Waals surface area contributed by atoms with Crippen molar-refractivity contribution in [2.45, 2.75) is 19.3 Å². The topological polar surface area (TPSA) is 67.9 Å². The molecule has 3 aromatic heterocycles. The van der Waals surface area contributed by atoms with Gasteiger partial charge in [0.1, 0.15) is 28.0 Å². The molecule has 5 nitrogen and oxygen atoms in total. The number of aromatic nitrogens is 3. The van der Waals surface area contributed by atoms with E-state index in [9.17, 15) is 4.79 Å². The summed E-state index contributed by atoms with van der Waals surface area (Å²) in [6, 6.07) is 10.2. The van der Waals surface area contributed by atoms with E-state index in [0.717, 1.165) is 44.2 Å². The molecular weight excluding hydrogens is 493 g/mol. The SMILES string of the molecule is CC(c1ccc2[nH]c(=O)sc2c1)c1csc(-c2ccc(CCOI)cn2)n1. The predicted molar refractivity (Wildman–Crippen MR) is 119 cm³/mol. The number of halogens is 1. The summed E-state index contributed by atoms with van der Waals surface area (Å²) in [5.74, 6) is 0.150. The van der Waals surface area contributed by atoms with E-state index in [4.69, 9.17) is 8.05 Å². The van der Waals surface area contributed by atoms with Crippen molar-refractivity contribution in [3.05, 3.63) is 68.4 Å². The first kappa shape index (κ1) is 18.7. The number of hydrogen-bond donors (Lipinski definition) is 1. The molecule has 0 aliphatic carbocycles. The Morgan fingerprint density at radius 3 is 2.96 bits per heavy atom. The fourth-order valence-corrected chi connectivity index (χ4v) is 4.75. The van der Waals surface area contributed by atoms with Crippen LogP contribution in [0.5, 0.6) is 0 Å². The van der Waals surface area contributed by atoms with Crippen LogP contribution in [0.3, 0.4) is 0 Å². The van der Waals surface area contributed by atoms with Crippen molar-refractivity contribution in [2.24, 2.45) is 0 Å². The third-order valence-corrected chi connectivity index (χ3v) is 6.59. The van der Waals surface area contributed by atoms with Crippen LogP contribution in [0, 0.1) is 0 Å². The first-order valence-corrected chi connectivity index (χ1v) is 11.0. The Kier molecular flexibility index (Phi) is 5.67. The van der Waals surface area contributed by atoms with E-state index in [-0.39, 0.29) is 10.8 Å². The number of rotatable bonds is 6.